The maximum atomic E-state index is 11.9. The normalized spacial score (nSPS) is 16.4. The fraction of sp³-hybridized carbons (Fsp3) is 0.250. The Morgan fingerprint density at radius 3 is 2.59 bits per heavy atom. The smallest absolute Gasteiger partial charge is 0.199 e. The van der Waals surface area contributed by atoms with Crippen LogP contribution in [-0.2, 0) is 10.0 Å². The van der Waals surface area contributed by atoms with E-state index in [4.69, 9.17) is 0 Å². The molecule has 0 saturated heterocycles. The average Bonchev–Trinajstić information content (AvgIpc) is 2.80. The standard InChI is InChI=1S/C12H13NO2S2/c1-10-4-6-12(7-5-10)17(14,15)13-9-11-3-2-8-16-11/h3-7,9H,2,8H2,1H3. The van der Waals surface area contributed by atoms with Crippen LogP contribution in [0.25, 0.3) is 0 Å². The molecule has 1 aliphatic rings. The number of sulfonamides is 1. The van der Waals surface area contributed by atoms with Crippen molar-refractivity contribution in [3.8, 4) is 0 Å². The molecule has 17 heavy (non-hydrogen) atoms. The number of allylic oxidation sites excluding steroid dienone is 2. The number of hydrogen-bond donors (Lipinski definition) is 0. The van der Waals surface area contributed by atoms with Crippen LogP contribution in [0.3, 0.4) is 0 Å². The van der Waals surface area contributed by atoms with Crippen molar-refractivity contribution in [2.45, 2.75) is 18.2 Å². The van der Waals surface area contributed by atoms with Crippen LogP contribution in [0.5, 0.6) is 0 Å². The Kier molecular flexibility index (Phi) is 3.69. The van der Waals surface area contributed by atoms with Crippen molar-refractivity contribution in [1.82, 2.24) is 0 Å². The zero-order valence-electron chi connectivity index (χ0n) is 9.46. The highest BCUT2D eigenvalue weighted by Crippen LogP contribution is 2.23. The van der Waals surface area contributed by atoms with E-state index in [0.717, 1.165) is 22.6 Å². The van der Waals surface area contributed by atoms with Gasteiger partial charge in [-0.2, -0.15) is 12.8 Å². The fourth-order valence-electron chi connectivity index (χ4n) is 1.42. The molecule has 0 amide bonds. The van der Waals surface area contributed by atoms with E-state index in [1.54, 1.807) is 36.0 Å². The van der Waals surface area contributed by atoms with E-state index in [1.807, 2.05) is 13.0 Å². The second-order valence-corrected chi connectivity index (χ2v) is 6.57. The van der Waals surface area contributed by atoms with Crippen molar-refractivity contribution in [1.29, 1.82) is 0 Å². The van der Waals surface area contributed by atoms with Crippen molar-refractivity contribution in [3.63, 3.8) is 0 Å². The topological polar surface area (TPSA) is 46.5 Å². The average molecular weight is 267 g/mol. The van der Waals surface area contributed by atoms with Gasteiger partial charge in [-0.3, -0.25) is 0 Å². The Bertz CT molecular complexity index is 557. The lowest BCUT2D eigenvalue weighted by molar-refractivity contribution is 0.598. The van der Waals surface area contributed by atoms with Crippen molar-refractivity contribution < 1.29 is 8.42 Å². The summed E-state index contributed by atoms with van der Waals surface area (Å²) in [6.07, 6.45) is 4.42. The van der Waals surface area contributed by atoms with E-state index >= 15 is 0 Å². The van der Waals surface area contributed by atoms with Gasteiger partial charge in [-0.25, -0.2) is 0 Å². The van der Waals surface area contributed by atoms with Crippen LogP contribution in [0.2, 0.25) is 0 Å². The first kappa shape index (κ1) is 12.4. The van der Waals surface area contributed by atoms with E-state index in [2.05, 4.69) is 4.40 Å². The lowest BCUT2D eigenvalue weighted by Gasteiger charge is -1.99. The highest BCUT2D eigenvalue weighted by Gasteiger charge is 2.11. The summed E-state index contributed by atoms with van der Waals surface area (Å²) in [7, 11) is -3.55. The van der Waals surface area contributed by atoms with Gasteiger partial charge in [0, 0.05) is 10.7 Å². The molecule has 0 atom stereocenters. The molecule has 0 aliphatic carbocycles. The van der Waals surface area contributed by atoms with Crippen LogP contribution in [0, 0.1) is 6.92 Å². The number of nitrogens with zero attached hydrogens (tertiary/aromatic N) is 1. The molecule has 1 aromatic rings. The van der Waals surface area contributed by atoms with Crippen molar-refractivity contribution in [2.24, 2.45) is 4.40 Å². The van der Waals surface area contributed by atoms with Crippen LogP contribution in [0.4, 0.5) is 0 Å². The van der Waals surface area contributed by atoms with Crippen LogP contribution >= 0.6 is 11.8 Å². The lowest BCUT2D eigenvalue weighted by Crippen LogP contribution is -1.97. The van der Waals surface area contributed by atoms with E-state index in [-0.39, 0.29) is 4.90 Å². The molecule has 90 valence electrons. The van der Waals surface area contributed by atoms with Gasteiger partial charge in [0.25, 0.3) is 10.0 Å². The SMILES string of the molecule is Cc1ccc(S(=O)(=O)N=CC2=CCCS2)cc1. The molecule has 1 aromatic carbocycles. The molecule has 0 aromatic heterocycles. The Morgan fingerprint density at radius 1 is 1.29 bits per heavy atom. The second-order valence-electron chi connectivity index (χ2n) is 3.77. The van der Waals surface area contributed by atoms with Gasteiger partial charge in [-0.15, -0.1) is 11.8 Å². The van der Waals surface area contributed by atoms with E-state index in [0.29, 0.717) is 0 Å². The summed E-state index contributed by atoms with van der Waals surface area (Å²) in [6.45, 7) is 1.92. The van der Waals surface area contributed by atoms with E-state index < -0.39 is 10.0 Å². The Balaban J connectivity index is 2.21. The van der Waals surface area contributed by atoms with Crippen molar-refractivity contribution in [2.75, 3.05) is 5.75 Å². The van der Waals surface area contributed by atoms with Crippen LogP contribution in [0.1, 0.15) is 12.0 Å². The zero-order valence-corrected chi connectivity index (χ0v) is 11.1. The van der Waals surface area contributed by atoms with Crippen molar-refractivity contribution >= 4 is 28.0 Å². The minimum absolute atomic E-state index is 0.239. The third-order valence-corrected chi connectivity index (χ3v) is 4.67. The van der Waals surface area contributed by atoms with Gasteiger partial charge in [0.1, 0.15) is 0 Å². The Morgan fingerprint density at radius 2 is 2.00 bits per heavy atom. The van der Waals surface area contributed by atoms with Crippen LogP contribution < -0.4 is 0 Å². The Hall–Kier alpha value is -1.07. The largest absolute Gasteiger partial charge is 0.282 e. The van der Waals surface area contributed by atoms with Gasteiger partial charge in [0.2, 0.25) is 0 Å². The minimum Gasteiger partial charge on any atom is -0.199 e. The number of benzene rings is 1. The summed E-state index contributed by atoms with van der Waals surface area (Å²) < 4.78 is 27.4. The number of aryl methyl sites for hydroxylation is 1. The second kappa shape index (κ2) is 5.06. The summed E-state index contributed by atoms with van der Waals surface area (Å²) in [4.78, 5) is 1.17. The molecule has 0 radical (unpaired) electrons. The van der Waals surface area contributed by atoms with Crippen LogP contribution in [-0.4, -0.2) is 20.4 Å². The molecule has 0 bridgehead atoms. The molecule has 2 rings (SSSR count). The quantitative estimate of drug-likeness (QED) is 0.791. The minimum atomic E-state index is -3.55. The van der Waals surface area contributed by atoms with Crippen molar-refractivity contribution in [3.05, 3.63) is 40.8 Å². The maximum Gasteiger partial charge on any atom is 0.282 e. The summed E-state index contributed by atoms with van der Waals surface area (Å²) in [5.41, 5.74) is 1.03. The van der Waals surface area contributed by atoms with Gasteiger partial charge in [-0.1, -0.05) is 23.8 Å². The summed E-state index contributed by atoms with van der Waals surface area (Å²) in [6, 6.07) is 6.70. The predicted molar refractivity (Wildman–Crippen MR) is 72.0 cm³/mol. The Labute approximate surface area is 106 Å². The van der Waals surface area contributed by atoms with Gasteiger partial charge in [0.15, 0.2) is 0 Å². The highest BCUT2D eigenvalue weighted by molar-refractivity contribution is 8.04. The molecule has 3 nitrogen and oxygen atoms in total. The lowest BCUT2D eigenvalue weighted by atomic mass is 10.2. The molecule has 5 heteroatoms. The molecular weight excluding hydrogens is 254 g/mol. The summed E-state index contributed by atoms with van der Waals surface area (Å²) in [5.74, 6) is 1.01. The van der Waals surface area contributed by atoms with E-state index in [9.17, 15) is 8.42 Å². The highest BCUT2D eigenvalue weighted by atomic mass is 32.2. The molecule has 0 fully saturated rings. The summed E-state index contributed by atoms with van der Waals surface area (Å²) >= 11 is 1.63. The molecule has 0 spiro atoms. The third kappa shape index (κ3) is 3.20. The predicted octanol–water partition coefficient (Wildman–Crippen LogP) is 2.78. The molecule has 0 unspecified atom stereocenters. The summed E-state index contributed by atoms with van der Waals surface area (Å²) in [5, 5.41) is 0. The van der Waals surface area contributed by atoms with Gasteiger partial charge in [0.05, 0.1) is 11.1 Å². The first-order valence-electron chi connectivity index (χ1n) is 5.28. The third-order valence-electron chi connectivity index (χ3n) is 2.37. The fourth-order valence-corrected chi connectivity index (χ4v) is 3.17. The molecule has 1 heterocycles. The number of rotatable bonds is 3. The van der Waals surface area contributed by atoms with Gasteiger partial charge >= 0.3 is 0 Å². The van der Waals surface area contributed by atoms with Crippen LogP contribution in [0.15, 0.2) is 44.5 Å². The zero-order chi connectivity index (χ0) is 12.3. The first-order chi connectivity index (χ1) is 8.08. The number of thioether (sulfide) groups is 1. The van der Waals surface area contributed by atoms with Gasteiger partial charge < -0.3 is 0 Å². The monoisotopic (exact) mass is 267 g/mol. The molecule has 1 aliphatic heterocycles. The molecular formula is C12H13NO2S2. The number of hydrogen-bond acceptors (Lipinski definition) is 3. The van der Waals surface area contributed by atoms with Gasteiger partial charge in [-0.05, 0) is 25.5 Å². The first-order valence-corrected chi connectivity index (χ1v) is 7.70. The van der Waals surface area contributed by atoms with E-state index in [1.165, 1.54) is 6.21 Å². The maximum absolute atomic E-state index is 11.9. The molecule has 0 N–H and O–H groups in total. The molecule has 0 saturated carbocycles.